The Hall–Kier alpha value is -0.770. The van der Waals surface area contributed by atoms with Gasteiger partial charge in [0.15, 0.2) is 5.96 Å². The van der Waals surface area contributed by atoms with Crippen LogP contribution in [0.2, 0.25) is 0 Å². The molecule has 4 heteroatoms. The van der Waals surface area contributed by atoms with Crippen molar-refractivity contribution in [2.75, 3.05) is 32.7 Å². The molecule has 0 amide bonds. The molecule has 12 heavy (non-hydrogen) atoms. The summed E-state index contributed by atoms with van der Waals surface area (Å²) in [6, 6.07) is 0.523. The smallest absolute Gasteiger partial charge is 0.194 e. The van der Waals surface area contributed by atoms with E-state index in [0.717, 1.165) is 38.7 Å². The predicted molar refractivity (Wildman–Crippen MR) is 49.3 cm³/mol. The topological polar surface area (TPSA) is 39.7 Å². The minimum atomic E-state index is 0.523. The van der Waals surface area contributed by atoms with Gasteiger partial charge in [0.2, 0.25) is 0 Å². The van der Waals surface area contributed by atoms with Crippen LogP contribution in [0, 0.1) is 0 Å². The molecule has 1 fully saturated rings. The minimum absolute atomic E-state index is 0.523. The van der Waals surface area contributed by atoms with Crippen LogP contribution >= 0.6 is 0 Å². The molecule has 0 spiro atoms. The van der Waals surface area contributed by atoms with Crippen LogP contribution < -0.4 is 10.6 Å². The Morgan fingerprint density at radius 3 is 2.75 bits per heavy atom. The summed E-state index contributed by atoms with van der Waals surface area (Å²) >= 11 is 0. The van der Waals surface area contributed by atoms with E-state index in [4.69, 9.17) is 0 Å². The zero-order chi connectivity index (χ0) is 8.39. The average Bonchev–Trinajstić information content (AvgIpc) is 2.54. The lowest BCUT2D eigenvalue weighted by atomic mass is 10.3. The Kier molecular flexibility index (Phi) is 2.17. The second-order valence-corrected chi connectivity index (χ2v) is 3.45. The van der Waals surface area contributed by atoms with Crippen LogP contribution in [0.5, 0.6) is 0 Å². The van der Waals surface area contributed by atoms with E-state index in [0.29, 0.717) is 6.04 Å². The monoisotopic (exact) mass is 168 g/mol. The van der Waals surface area contributed by atoms with Gasteiger partial charge >= 0.3 is 0 Å². The highest BCUT2D eigenvalue weighted by molar-refractivity contribution is 5.82. The van der Waals surface area contributed by atoms with E-state index >= 15 is 0 Å². The number of hydrogen-bond donors (Lipinski definition) is 2. The molecule has 2 aliphatic rings. The van der Waals surface area contributed by atoms with Crippen molar-refractivity contribution < 1.29 is 0 Å². The van der Waals surface area contributed by atoms with Crippen LogP contribution in [0.3, 0.4) is 0 Å². The molecule has 0 aromatic carbocycles. The Bertz CT molecular complexity index is 183. The number of rotatable bonds is 0. The highest BCUT2D eigenvalue weighted by Gasteiger charge is 2.19. The standard InChI is InChI=1S/C8H16N4/c1-7-6-10-8(11-7)12-4-2-9-3-5-12/h7,9H,2-6H2,1H3,(H,10,11). The molecular weight excluding hydrogens is 152 g/mol. The Labute approximate surface area is 73.0 Å². The van der Waals surface area contributed by atoms with Gasteiger partial charge in [0.05, 0.1) is 6.54 Å². The number of hydrogen-bond acceptors (Lipinski definition) is 4. The third-order valence-electron chi connectivity index (χ3n) is 2.31. The molecule has 68 valence electrons. The van der Waals surface area contributed by atoms with Gasteiger partial charge in [-0.25, -0.2) is 0 Å². The van der Waals surface area contributed by atoms with Crippen LogP contribution in [0.15, 0.2) is 4.99 Å². The van der Waals surface area contributed by atoms with Crippen molar-refractivity contribution in [2.45, 2.75) is 13.0 Å². The maximum absolute atomic E-state index is 4.44. The highest BCUT2D eigenvalue weighted by atomic mass is 15.3. The number of nitrogens with zero attached hydrogens (tertiary/aromatic N) is 2. The van der Waals surface area contributed by atoms with E-state index in [9.17, 15) is 0 Å². The molecule has 0 aliphatic carbocycles. The van der Waals surface area contributed by atoms with Gasteiger partial charge in [0.25, 0.3) is 0 Å². The summed E-state index contributed by atoms with van der Waals surface area (Å²) in [6.45, 7) is 7.42. The number of guanidine groups is 1. The second-order valence-electron chi connectivity index (χ2n) is 3.45. The summed E-state index contributed by atoms with van der Waals surface area (Å²) in [5, 5.41) is 6.70. The molecule has 2 rings (SSSR count). The Morgan fingerprint density at radius 1 is 1.42 bits per heavy atom. The molecule has 1 saturated heterocycles. The van der Waals surface area contributed by atoms with Crippen molar-refractivity contribution in [3.63, 3.8) is 0 Å². The number of piperazine rings is 1. The normalized spacial score (nSPS) is 29.9. The summed E-state index contributed by atoms with van der Waals surface area (Å²) in [7, 11) is 0. The van der Waals surface area contributed by atoms with Crippen LogP contribution in [-0.2, 0) is 0 Å². The van der Waals surface area contributed by atoms with E-state index in [-0.39, 0.29) is 0 Å². The maximum atomic E-state index is 4.44. The van der Waals surface area contributed by atoms with Gasteiger partial charge in [0.1, 0.15) is 0 Å². The summed E-state index contributed by atoms with van der Waals surface area (Å²) in [6.07, 6.45) is 0. The summed E-state index contributed by atoms with van der Waals surface area (Å²) in [4.78, 5) is 6.76. The zero-order valence-corrected chi connectivity index (χ0v) is 7.51. The summed E-state index contributed by atoms with van der Waals surface area (Å²) in [5.74, 6) is 1.10. The van der Waals surface area contributed by atoms with Crippen molar-refractivity contribution in [1.29, 1.82) is 0 Å². The van der Waals surface area contributed by atoms with Crippen molar-refractivity contribution in [3.05, 3.63) is 0 Å². The third kappa shape index (κ3) is 1.53. The second kappa shape index (κ2) is 3.31. The van der Waals surface area contributed by atoms with Gasteiger partial charge in [-0.1, -0.05) is 0 Å². The molecular formula is C8H16N4. The Balaban J connectivity index is 1.91. The SMILES string of the molecule is CC1CN=C(N2CCNCC2)N1. The third-order valence-corrected chi connectivity index (χ3v) is 2.31. The van der Waals surface area contributed by atoms with E-state index in [2.05, 4.69) is 27.4 Å². The zero-order valence-electron chi connectivity index (χ0n) is 7.51. The van der Waals surface area contributed by atoms with Gasteiger partial charge in [0, 0.05) is 32.2 Å². The fraction of sp³-hybridized carbons (Fsp3) is 0.875. The van der Waals surface area contributed by atoms with Crippen molar-refractivity contribution >= 4 is 5.96 Å². The molecule has 0 bridgehead atoms. The van der Waals surface area contributed by atoms with E-state index in [1.54, 1.807) is 0 Å². The van der Waals surface area contributed by atoms with E-state index in [1.807, 2.05) is 0 Å². The van der Waals surface area contributed by atoms with Gasteiger partial charge < -0.3 is 15.5 Å². The Morgan fingerprint density at radius 2 is 2.17 bits per heavy atom. The van der Waals surface area contributed by atoms with Gasteiger partial charge in [-0.2, -0.15) is 0 Å². The highest BCUT2D eigenvalue weighted by Crippen LogP contribution is 2.00. The molecule has 0 radical (unpaired) electrons. The molecule has 0 saturated carbocycles. The molecule has 0 aromatic heterocycles. The lowest BCUT2D eigenvalue weighted by Crippen LogP contribution is -2.50. The van der Waals surface area contributed by atoms with Crippen LogP contribution in [0.4, 0.5) is 0 Å². The lowest BCUT2D eigenvalue weighted by molar-refractivity contribution is 0.348. The van der Waals surface area contributed by atoms with Crippen molar-refractivity contribution in [1.82, 2.24) is 15.5 Å². The fourth-order valence-electron chi connectivity index (χ4n) is 1.60. The minimum Gasteiger partial charge on any atom is -0.352 e. The van der Waals surface area contributed by atoms with Gasteiger partial charge in [-0.15, -0.1) is 0 Å². The van der Waals surface area contributed by atoms with Crippen molar-refractivity contribution in [3.8, 4) is 0 Å². The number of nitrogens with one attached hydrogen (secondary N) is 2. The molecule has 2 aliphatic heterocycles. The van der Waals surface area contributed by atoms with E-state index < -0.39 is 0 Å². The maximum Gasteiger partial charge on any atom is 0.194 e. The molecule has 1 unspecified atom stereocenters. The van der Waals surface area contributed by atoms with Crippen molar-refractivity contribution in [2.24, 2.45) is 4.99 Å². The lowest BCUT2D eigenvalue weighted by Gasteiger charge is -2.29. The fourth-order valence-corrected chi connectivity index (χ4v) is 1.60. The first kappa shape index (κ1) is 7.86. The first-order valence-electron chi connectivity index (χ1n) is 4.63. The first-order valence-corrected chi connectivity index (χ1v) is 4.63. The largest absolute Gasteiger partial charge is 0.352 e. The first-order chi connectivity index (χ1) is 5.86. The summed E-state index contributed by atoms with van der Waals surface area (Å²) < 4.78 is 0. The van der Waals surface area contributed by atoms with Crippen LogP contribution in [0.25, 0.3) is 0 Å². The summed E-state index contributed by atoms with van der Waals surface area (Å²) in [5.41, 5.74) is 0. The number of aliphatic imine (C=N–C) groups is 1. The van der Waals surface area contributed by atoms with Crippen LogP contribution in [0.1, 0.15) is 6.92 Å². The quantitative estimate of drug-likeness (QED) is 0.499. The molecule has 0 aromatic rings. The van der Waals surface area contributed by atoms with Crippen LogP contribution in [-0.4, -0.2) is 49.6 Å². The van der Waals surface area contributed by atoms with E-state index in [1.165, 1.54) is 0 Å². The molecule has 4 nitrogen and oxygen atoms in total. The van der Waals surface area contributed by atoms with Gasteiger partial charge in [-0.05, 0) is 6.92 Å². The predicted octanol–water partition coefficient (Wildman–Crippen LogP) is -0.761. The molecule has 1 atom stereocenters. The van der Waals surface area contributed by atoms with Gasteiger partial charge in [-0.3, -0.25) is 4.99 Å². The molecule has 2 N–H and O–H groups in total. The molecule has 2 heterocycles. The average molecular weight is 168 g/mol.